The van der Waals surface area contributed by atoms with Crippen molar-refractivity contribution in [3.8, 4) is 0 Å². The van der Waals surface area contributed by atoms with Crippen LogP contribution in [0.25, 0.3) is 0 Å². The Bertz CT molecular complexity index is 322. The third-order valence-electron chi connectivity index (χ3n) is 2.41. The molecule has 1 aromatic heterocycles. The van der Waals surface area contributed by atoms with Crippen molar-refractivity contribution in [1.29, 1.82) is 0 Å². The first-order chi connectivity index (χ1) is 7.43. The van der Waals surface area contributed by atoms with Crippen LogP contribution in [0.1, 0.15) is 25.3 Å². The molecule has 1 aromatic rings. The third-order valence-corrected chi connectivity index (χ3v) is 2.87. The molecule has 1 unspecified atom stereocenters. The van der Waals surface area contributed by atoms with Crippen LogP contribution in [-0.4, -0.2) is 15.1 Å². The Kier molecular flexibility index (Phi) is 4.83. The first-order valence-corrected chi connectivity index (χ1v) is 6.21. The normalized spacial score (nSPS) is 14.1. The van der Waals surface area contributed by atoms with Crippen LogP contribution in [0.5, 0.6) is 0 Å². The largest absolute Gasteiger partial charge is 0.419 e. The monoisotopic (exact) mass is 298 g/mol. The van der Waals surface area contributed by atoms with Gasteiger partial charge in [-0.05, 0) is 18.8 Å². The van der Waals surface area contributed by atoms with Gasteiger partial charge in [-0.25, -0.2) is 0 Å². The number of aromatic nitrogens is 2. The zero-order chi connectivity index (χ0) is 12.2. The molecule has 0 saturated carbocycles. The van der Waals surface area contributed by atoms with Crippen molar-refractivity contribution in [2.75, 3.05) is 5.33 Å². The van der Waals surface area contributed by atoms with Crippen molar-refractivity contribution in [2.24, 2.45) is 5.92 Å². The van der Waals surface area contributed by atoms with E-state index in [-0.39, 0.29) is 0 Å². The molecule has 0 N–H and O–H groups in total. The number of halogens is 4. The Labute approximate surface area is 101 Å². The molecular formula is C10H14BrF3N2. The second-order valence-electron chi connectivity index (χ2n) is 3.86. The fourth-order valence-electron chi connectivity index (χ4n) is 1.32. The van der Waals surface area contributed by atoms with Crippen molar-refractivity contribution >= 4 is 15.9 Å². The molecule has 0 aliphatic heterocycles. The quantitative estimate of drug-likeness (QED) is 0.758. The van der Waals surface area contributed by atoms with Crippen molar-refractivity contribution < 1.29 is 13.2 Å². The molecule has 6 heteroatoms. The Balaban J connectivity index is 2.47. The van der Waals surface area contributed by atoms with Crippen LogP contribution >= 0.6 is 15.9 Å². The second kappa shape index (κ2) is 5.70. The highest BCUT2D eigenvalue weighted by molar-refractivity contribution is 9.09. The molecule has 16 heavy (non-hydrogen) atoms. The van der Waals surface area contributed by atoms with Gasteiger partial charge >= 0.3 is 6.18 Å². The maximum absolute atomic E-state index is 12.3. The highest BCUT2D eigenvalue weighted by Crippen LogP contribution is 2.28. The van der Waals surface area contributed by atoms with E-state index in [1.54, 1.807) is 0 Å². The highest BCUT2D eigenvalue weighted by atomic mass is 79.9. The average molecular weight is 299 g/mol. The van der Waals surface area contributed by atoms with Crippen molar-refractivity contribution in [3.05, 3.63) is 18.0 Å². The lowest BCUT2D eigenvalue weighted by Crippen LogP contribution is -2.06. The number of hydrogen-bond donors (Lipinski definition) is 0. The average Bonchev–Trinajstić information content (AvgIpc) is 2.63. The van der Waals surface area contributed by atoms with Gasteiger partial charge in [0.25, 0.3) is 0 Å². The SMILES string of the molecule is CC(CCBr)CCn1cc(C(F)(F)F)cn1. The molecule has 0 bridgehead atoms. The highest BCUT2D eigenvalue weighted by Gasteiger charge is 2.32. The standard InChI is InChI=1S/C10H14BrF3N2/c1-8(2-4-11)3-5-16-7-9(6-15-16)10(12,13)14/h6-8H,2-5H2,1H3. The summed E-state index contributed by atoms with van der Waals surface area (Å²) in [6.45, 7) is 2.61. The Morgan fingerprint density at radius 1 is 1.44 bits per heavy atom. The molecule has 0 aromatic carbocycles. The van der Waals surface area contributed by atoms with Gasteiger partial charge in [0.15, 0.2) is 0 Å². The molecule has 0 aliphatic carbocycles. The molecule has 0 saturated heterocycles. The molecule has 92 valence electrons. The van der Waals surface area contributed by atoms with Crippen LogP contribution in [0, 0.1) is 5.92 Å². The first kappa shape index (κ1) is 13.5. The molecule has 1 atom stereocenters. The van der Waals surface area contributed by atoms with E-state index >= 15 is 0 Å². The summed E-state index contributed by atoms with van der Waals surface area (Å²) in [7, 11) is 0. The molecule has 0 amide bonds. The molecule has 1 heterocycles. The van der Waals surface area contributed by atoms with E-state index in [1.807, 2.05) is 0 Å². The van der Waals surface area contributed by atoms with Crippen LogP contribution in [-0.2, 0) is 12.7 Å². The minimum absolute atomic E-state index is 0.484. The number of rotatable bonds is 5. The summed E-state index contributed by atoms with van der Waals surface area (Å²) in [5.74, 6) is 0.484. The van der Waals surface area contributed by atoms with Gasteiger partial charge in [-0.2, -0.15) is 18.3 Å². The van der Waals surface area contributed by atoms with Gasteiger partial charge in [0.05, 0.1) is 11.8 Å². The zero-order valence-corrected chi connectivity index (χ0v) is 10.6. The van der Waals surface area contributed by atoms with Gasteiger partial charge in [-0.3, -0.25) is 4.68 Å². The van der Waals surface area contributed by atoms with Gasteiger partial charge in [0, 0.05) is 18.1 Å². The first-order valence-electron chi connectivity index (χ1n) is 5.09. The van der Waals surface area contributed by atoms with Gasteiger partial charge < -0.3 is 0 Å². The Morgan fingerprint density at radius 3 is 2.62 bits per heavy atom. The fraction of sp³-hybridized carbons (Fsp3) is 0.700. The number of nitrogens with zero attached hydrogens (tertiary/aromatic N) is 2. The fourth-order valence-corrected chi connectivity index (χ4v) is 2.10. The summed E-state index contributed by atoms with van der Waals surface area (Å²) < 4.78 is 38.1. The molecule has 2 nitrogen and oxygen atoms in total. The summed E-state index contributed by atoms with van der Waals surface area (Å²) >= 11 is 3.34. The number of alkyl halides is 4. The minimum Gasteiger partial charge on any atom is -0.272 e. The van der Waals surface area contributed by atoms with Crippen LogP contribution in [0.3, 0.4) is 0 Å². The van der Waals surface area contributed by atoms with Crippen LogP contribution in [0.15, 0.2) is 12.4 Å². The number of hydrogen-bond acceptors (Lipinski definition) is 1. The van der Waals surface area contributed by atoms with E-state index in [1.165, 1.54) is 4.68 Å². The van der Waals surface area contributed by atoms with E-state index < -0.39 is 11.7 Å². The van der Waals surface area contributed by atoms with Crippen LogP contribution in [0.4, 0.5) is 13.2 Å². The van der Waals surface area contributed by atoms with E-state index in [9.17, 15) is 13.2 Å². The predicted molar refractivity (Wildman–Crippen MR) is 59.4 cm³/mol. The van der Waals surface area contributed by atoms with Crippen molar-refractivity contribution in [2.45, 2.75) is 32.5 Å². The number of aryl methyl sites for hydroxylation is 1. The zero-order valence-electron chi connectivity index (χ0n) is 8.97. The lowest BCUT2D eigenvalue weighted by atomic mass is 10.1. The molecule has 1 rings (SSSR count). The summed E-state index contributed by atoms with van der Waals surface area (Å²) in [6.07, 6.45) is -0.506. The summed E-state index contributed by atoms with van der Waals surface area (Å²) in [5.41, 5.74) is -0.680. The summed E-state index contributed by atoms with van der Waals surface area (Å²) in [5, 5.41) is 4.62. The molecular weight excluding hydrogens is 285 g/mol. The summed E-state index contributed by atoms with van der Waals surface area (Å²) in [6, 6.07) is 0. The van der Waals surface area contributed by atoms with E-state index in [2.05, 4.69) is 28.0 Å². The van der Waals surface area contributed by atoms with Crippen molar-refractivity contribution in [1.82, 2.24) is 9.78 Å². The van der Waals surface area contributed by atoms with Gasteiger partial charge in [-0.15, -0.1) is 0 Å². The second-order valence-corrected chi connectivity index (χ2v) is 4.65. The minimum atomic E-state index is -4.29. The third kappa shape index (κ3) is 4.15. The molecule has 0 spiro atoms. The summed E-state index contributed by atoms with van der Waals surface area (Å²) in [4.78, 5) is 0. The van der Waals surface area contributed by atoms with E-state index in [4.69, 9.17) is 0 Å². The predicted octanol–water partition coefficient (Wildman–Crippen LogP) is 3.71. The van der Waals surface area contributed by atoms with Crippen molar-refractivity contribution in [3.63, 3.8) is 0 Å². The lowest BCUT2D eigenvalue weighted by molar-refractivity contribution is -0.137. The molecule has 0 fully saturated rings. The van der Waals surface area contributed by atoms with Gasteiger partial charge in [0.1, 0.15) is 0 Å². The van der Waals surface area contributed by atoms with E-state index in [0.717, 1.165) is 30.6 Å². The molecule has 0 aliphatic rings. The van der Waals surface area contributed by atoms with E-state index in [0.29, 0.717) is 12.5 Å². The maximum Gasteiger partial charge on any atom is 0.419 e. The lowest BCUT2D eigenvalue weighted by Gasteiger charge is -2.08. The Hall–Kier alpha value is -0.520. The maximum atomic E-state index is 12.3. The smallest absolute Gasteiger partial charge is 0.272 e. The van der Waals surface area contributed by atoms with Gasteiger partial charge in [0.2, 0.25) is 0 Å². The van der Waals surface area contributed by atoms with Crippen LogP contribution < -0.4 is 0 Å². The molecule has 0 radical (unpaired) electrons. The topological polar surface area (TPSA) is 17.8 Å². The van der Waals surface area contributed by atoms with Crippen LogP contribution in [0.2, 0.25) is 0 Å². The van der Waals surface area contributed by atoms with Gasteiger partial charge in [-0.1, -0.05) is 22.9 Å². The Morgan fingerprint density at radius 2 is 2.12 bits per heavy atom.